The Labute approximate surface area is 131 Å². The second-order valence-corrected chi connectivity index (χ2v) is 6.82. The molecule has 4 heteroatoms. The van der Waals surface area contributed by atoms with Crippen molar-refractivity contribution in [3.63, 3.8) is 0 Å². The van der Waals surface area contributed by atoms with Crippen LogP contribution < -0.4 is 5.01 Å². The van der Waals surface area contributed by atoms with Gasteiger partial charge in [0.25, 0.3) is 0 Å². The van der Waals surface area contributed by atoms with E-state index in [1.165, 1.54) is 50.6 Å². The molecule has 0 aromatic carbocycles. The summed E-state index contributed by atoms with van der Waals surface area (Å²) in [6.45, 7) is 2.20. The predicted molar refractivity (Wildman–Crippen MR) is 86.1 cm³/mol. The largest absolute Gasteiger partial charge is 0.289 e. The van der Waals surface area contributed by atoms with Crippen molar-refractivity contribution in [3.05, 3.63) is 34.8 Å². The fourth-order valence-electron chi connectivity index (χ4n) is 4.17. The molecule has 21 heavy (non-hydrogen) atoms. The molecule has 1 aliphatic carbocycles. The van der Waals surface area contributed by atoms with Crippen LogP contribution in [0.5, 0.6) is 0 Å². The highest BCUT2D eigenvalue weighted by Crippen LogP contribution is 2.42. The molecule has 0 bridgehead atoms. The molecule has 0 amide bonds. The third-order valence-electron chi connectivity index (χ3n) is 5.18. The number of allylic oxidation sites excluding steroid dienone is 1. The minimum absolute atomic E-state index is 0.584. The van der Waals surface area contributed by atoms with E-state index in [9.17, 15) is 0 Å². The first-order chi connectivity index (χ1) is 10.3. The smallest absolute Gasteiger partial charge is 0.131 e. The van der Waals surface area contributed by atoms with Gasteiger partial charge in [0, 0.05) is 24.5 Å². The summed E-state index contributed by atoms with van der Waals surface area (Å²) in [6.07, 6.45) is 11.3. The first kappa shape index (κ1) is 13.4. The number of pyridine rings is 1. The molecule has 3 heterocycles. The number of piperidine rings is 1. The second kappa shape index (κ2) is 5.53. The Morgan fingerprint density at radius 3 is 2.76 bits per heavy atom. The lowest BCUT2D eigenvalue weighted by molar-refractivity contribution is 0.294. The van der Waals surface area contributed by atoms with Gasteiger partial charge in [0.15, 0.2) is 0 Å². The lowest BCUT2D eigenvalue weighted by Crippen LogP contribution is -2.40. The van der Waals surface area contributed by atoms with Gasteiger partial charge >= 0.3 is 0 Å². The topological polar surface area (TPSA) is 19.4 Å². The fourth-order valence-corrected chi connectivity index (χ4v) is 4.34. The quantitative estimate of drug-likeness (QED) is 0.755. The first-order valence-corrected chi connectivity index (χ1v) is 8.59. The molecule has 0 atom stereocenters. The number of hydrogen-bond acceptors (Lipinski definition) is 3. The molecule has 4 rings (SSSR count). The monoisotopic (exact) mass is 303 g/mol. The number of hydrazine groups is 1. The van der Waals surface area contributed by atoms with Crippen molar-refractivity contribution in [1.82, 2.24) is 9.99 Å². The third kappa shape index (κ3) is 2.42. The molecule has 1 saturated heterocycles. The second-order valence-electron chi connectivity index (χ2n) is 6.43. The molecule has 0 spiro atoms. The van der Waals surface area contributed by atoms with Gasteiger partial charge in [-0.2, -0.15) is 0 Å². The normalized spacial score (nSPS) is 23.1. The van der Waals surface area contributed by atoms with Crippen LogP contribution in [0.25, 0.3) is 0 Å². The Hall–Kier alpha value is -1.22. The van der Waals surface area contributed by atoms with Crippen LogP contribution in [0.4, 0.5) is 5.69 Å². The molecule has 0 N–H and O–H groups in total. The Bertz CT molecular complexity index is 563. The van der Waals surface area contributed by atoms with E-state index in [0.717, 1.165) is 19.0 Å². The van der Waals surface area contributed by atoms with Crippen LogP contribution in [0, 0.1) is 5.92 Å². The van der Waals surface area contributed by atoms with Crippen LogP contribution in [-0.4, -0.2) is 23.1 Å². The average Bonchev–Trinajstić information content (AvgIpc) is 3.14. The van der Waals surface area contributed by atoms with E-state index < -0.39 is 0 Å². The lowest BCUT2D eigenvalue weighted by Gasteiger charge is -2.36. The van der Waals surface area contributed by atoms with Gasteiger partial charge in [-0.3, -0.25) is 10.0 Å². The molecule has 3 aliphatic rings. The summed E-state index contributed by atoms with van der Waals surface area (Å²) in [5, 5.41) is 5.53. The molecule has 2 aliphatic heterocycles. The standard InChI is InChI=1S/C17H22ClN3/c18-17-11-14(8-9-19-17)21-12-15(13-5-1-2-6-13)16-7-3-4-10-20(16)21/h8-9,11,13H,1-7,10,12H2. The summed E-state index contributed by atoms with van der Waals surface area (Å²) >= 11 is 6.09. The van der Waals surface area contributed by atoms with Crippen molar-refractivity contribution in [2.45, 2.75) is 44.9 Å². The van der Waals surface area contributed by atoms with Crippen LogP contribution in [0.15, 0.2) is 29.6 Å². The Balaban J connectivity index is 1.66. The predicted octanol–water partition coefficient (Wildman–Crippen LogP) is 4.40. The maximum absolute atomic E-state index is 6.09. The summed E-state index contributed by atoms with van der Waals surface area (Å²) in [5.41, 5.74) is 4.50. The zero-order valence-corrected chi connectivity index (χ0v) is 13.1. The van der Waals surface area contributed by atoms with Crippen LogP contribution in [0.1, 0.15) is 44.9 Å². The van der Waals surface area contributed by atoms with Crippen molar-refractivity contribution in [3.8, 4) is 0 Å². The van der Waals surface area contributed by atoms with Crippen molar-refractivity contribution < 1.29 is 0 Å². The van der Waals surface area contributed by atoms with Gasteiger partial charge < -0.3 is 0 Å². The summed E-state index contributed by atoms with van der Waals surface area (Å²) in [5.74, 6) is 0.822. The van der Waals surface area contributed by atoms with Crippen LogP contribution >= 0.6 is 11.6 Å². The molecule has 1 aromatic rings. The molecule has 112 valence electrons. The molecule has 0 unspecified atom stereocenters. The highest BCUT2D eigenvalue weighted by atomic mass is 35.5. The molecular weight excluding hydrogens is 282 g/mol. The van der Waals surface area contributed by atoms with E-state index in [4.69, 9.17) is 11.6 Å². The summed E-state index contributed by atoms with van der Waals surface area (Å²) in [7, 11) is 0. The van der Waals surface area contributed by atoms with Gasteiger partial charge in [-0.25, -0.2) is 4.98 Å². The number of hydrogen-bond donors (Lipinski definition) is 0. The molecule has 1 saturated carbocycles. The number of halogens is 1. The van der Waals surface area contributed by atoms with Crippen molar-refractivity contribution in [2.75, 3.05) is 18.1 Å². The van der Waals surface area contributed by atoms with Gasteiger partial charge in [0.2, 0.25) is 0 Å². The van der Waals surface area contributed by atoms with E-state index in [1.54, 1.807) is 11.3 Å². The highest BCUT2D eigenvalue weighted by molar-refractivity contribution is 6.29. The first-order valence-electron chi connectivity index (χ1n) is 8.21. The van der Waals surface area contributed by atoms with Crippen molar-refractivity contribution in [2.24, 2.45) is 5.92 Å². The summed E-state index contributed by atoms with van der Waals surface area (Å²) in [6, 6.07) is 4.07. The van der Waals surface area contributed by atoms with Gasteiger partial charge in [0.05, 0.1) is 12.2 Å². The molecular formula is C17H22ClN3. The lowest BCUT2D eigenvalue weighted by atomic mass is 9.93. The average molecular weight is 304 g/mol. The minimum atomic E-state index is 0.584. The number of fused-ring (bicyclic) bond motifs is 1. The van der Waals surface area contributed by atoms with Crippen LogP contribution in [0.2, 0.25) is 5.15 Å². The summed E-state index contributed by atoms with van der Waals surface area (Å²) in [4.78, 5) is 4.12. The minimum Gasteiger partial charge on any atom is -0.289 e. The van der Waals surface area contributed by atoms with Crippen LogP contribution in [-0.2, 0) is 0 Å². The molecule has 2 fully saturated rings. The highest BCUT2D eigenvalue weighted by Gasteiger charge is 2.35. The van der Waals surface area contributed by atoms with E-state index in [0.29, 0.717) is 5.15 Å². The molecule has 0 radical (unpaired) electrons. The molecule has 3 nitrogen and oxygen atoms in total. The van der Waals surface area contributed by atoms with Crippen molar-refractivity contribution >= 4 is 17.3 Å². The van der Waals surface area contributed by atoms with E-state index >= 15 is 0 Å². The third-order valence-corrected chi connectivity index (χ3v) is 5.39. The zero-order valence-electron chi connectivity index (χ0n) is 12.4. The van der Waals surface area contributed by atoms with Gasteiger partial charge in [-0.05, 0) is 49.7 Å². The van der Waals surface area contributed by atoms with E-state index in [-0.39, 0.29) is 0 Å². The van der Waals surface area contributed by atoms with Crippen molar-refractivity contribution in [1.29, 1.82) is 0 Å². The maximum atomic E-state index is 6.09. The van der Waals surface area contributed by atoms with Gasteiger partial charge in [0.1, 0.15) is 5.15 Å². The fraction of sp³-hybridized carbons (Fsp3) is 0.588. The van der Waals surface area contributed by atoms with E-state index in [2.05, 4.69) is 21.1 Å². The number of anilines is 1. The van der Waals surface area contributed by atoms with Crippen LogP contribution in [0.3, 0.4) is 0 Å². The SMILES string of the molecule is Clc1cc(N2CC(C3CCCC3)=C3CCCCN32)ccn1. The number of nitrogens with zero attached hydrogens (tertiary/aromatic N) is 3. The Morgan fingerprint density at radius 2 is 1.95 bits per heavy atom. The zero-order chi connectivity index (χ0) is 14.2. The van der Waals surface area contributed by atoms with Gasteiger partial charge in [-0.15, -0.1) is 0 Å². The number of aromatic nitrogens is 1. The number of rotatable bonds is 2. The maximum Gasteiger partial charge on any atom is 0.131 e. The Kier molecular flexibility index (Phi) is 3.54. The van der Waals surface area contributed by atoms with Gasteiger partial charge in [-0.1, -0.05) is 24.4 Å². The Morgan fingerprint density at radius 1 is 1.10 bits per heavy atom. The van der Waals surface area contributed by atoms with E-state index in [1.807, 2.05) is 12.3 Å². The molecule has 1 aromatic heterocycles. The summed E-state index contributed by atoms with van der Waals surface area (Å²) < 4.78 is 0.